The van der Waals surface area contributed by atoms with E-state index >= 15 is 0 Å². The number of carbonyl (C=O) groups excluding carboxylic acids is 1. The summed E-state index contributed by atoms with van der Waals surface area (Å²) in [6.07, 6.45) is 0.157. The Hall–Kier alpha value is -1.08. The molecule has 1 saturated heterocycles. The summed E-state index contributed by atoms with van der Waals surface area (Å²) in [5, 5.41) is 0. The third-order valence-electron chi connectivity index (χ3n) is 1.76. The first-order chi connectivity index (χ1) is 5.72. The number of esters is 1. The molecule has 0 N–H and O–H groups in total. The van der Waals surface area contributed by atoms with Crippen LogP contribution in [0.15, 0.2) is 0 Å². The van der Waals surface area contributed by atoms with Gasteiger partial charge in [0.25, 0.3) is 5.54 Å². The minimum Gasteiger partial charge on any atom is -0.466 e. The van der Waals surface area contributed by atoms with Crippen molar-refractivity contribution >= 4 is 5.97 Å². The van der Waals surface area contributed by atoms with Crippen LogP contribution < -0.4 is 0 Å². The molecule has 1 fully saturated rings. The predicted molar refractivity (Wildman–Crippen MR) is 41.4 cm³/mol. The Labute approximate surface area is 71.3 Å². The van der Waals surface area contributed by atoms with Gasteiger partial charge in [0.1, 0.15) is 19.6 Å². The molecule has 0 spiro atoms. The quantitative estimate of drug-likeness (QED) is 0.459. The van der Waals surface area contributed by atoms with E-state index in [0.717, 1.165) is 0 Å². The number of nitrogens with zero attached hydrogens (tertiary/aromatic N) is 1. The van der Waals surface area contributed by atoms with Gasteiger partial charge < -0.3 is 14.3 Å². The molecule has 1 heterocycles. The lowest BCUT2D eigenvalue weighted by atomic mass is 9.94. The van der Waals surface area contributed by atoms with E-state index in [1.807, 2.05) is 0 Å². The highest BCUT2D eigenvalue weighted by Gasteiger charge is 2.48. The Kier molecular flexibility index (Phi) is 2.66. The van der Waals surface area contributed by atoms with E-state index in [1.165, 1.54) is 0 Å². The van der Waals surface area contributed by atoms with Gasteiger partial charge in [-0.05, 0) is 6.92 Å². The van der Waals surface area contributed by atoms with Gasteiger partial charge in [0.2, 0.25) is 0 Å². The van der Waals surface area contributed by atoms with Gasteiger partial charge in [-0.3, -0.25) is 4.79 Å². The van der Waals surface area contributed by atoms with Gasteiger partial charge in [-0.1, -0.05) is 0 Å². The van der Waals surface area contributed by atoms with Crippen molar-refractivity contribution in [3.8, 4) is 0 Å². The lowest BCUT2D eigenvalue weighted by molar-refractivity contribution is -0.148. The first-order valence-corrected chi connectivity index (χ1v) is 3.84. The fraction of sp³-hybridized carbons (Fsp3) is 0.750. The lowest BCUT2D eigenvalue weighted by Gasteiger charge is -2.28. The molecule has 0 unspecified atom stereocenters. The molecular formula is C8H11NO3. The Morgan fingerprint density at radius 1 is 1.75 bits per heavy atom. The van der Waals surface area contributed by atoms with Crippen molar-refractivity contribution < 1.29 is 14.3 Å². The van der Waals surface area contributed by atoms with Crippen LogP contribution in [-0.4, -0.2) is 31.3 Å². The lowest BCUT2D eigenvalue weighted by Crippen LogP contribution is -2.48. The molecule has 0 aliphatic carbocycles. The minimum absolute atomic E-state index is 0.157. The Bertz CT molecular complexity index is 215. The van der Waals surface area contributed by atoms with Crippen molar-refractivity contribution in [1.82, 2.24) is 0 Å². The van der Waals surface area contributed by atoms with Gasteiger partial charge in [0.05, 0.1) is 6.61 Å². The van der Waals surface area contributed by atoms with E-state index in [0.29, 0.717) is 19.8 Å². The standard InChI is InChI=1S/C8H11NO3/c1-3-12-7(10)4-8(9-2)5-11-6-8/h3-6H2,1H3. The number of rotatable bonds is 3. The topological polar surface area (TPSA) is 39.9 Å². The molecule has 0 atom stereocenters. The summed E-state index contributed by atoms with van der Waals surface area (Å²) in [7, 11) is 0. The van der Waals surface area contributed by atoms with Crippen LogP contribution in [0.2, 0.25) is 0 Å². The highest BCUT2D eigenvalue weighted by Crippen LogP contribution is 2.26. The molecule has 1 aliphatic heterocycles. The SMILES string of the molecule is [C-]#[N+]C1(CC(=O)OCC)COC1. The average molecular weight is 169 g/mol. The zero-order valence-corrected chi connectivity index (χ0v) is 7.00. The first-order valence-electron chi connectivity index (χ1n) is 3.84. The fourth-order valence-electron chi connectivity index (χ4n) is 1.02. The molecule has 66 valence electrons. The summed E-state index contributed by atoms with van der Waals surface area (Å²) in [5.74, 6) is -0.309. The molecular weight excluding hydrogens is 158 g/mol. The van der Waals surface area contributed by atoms with Crippen LogP contribution >= 0.6 is 0 Å². The Balaban J connectivity index is 2.39. The molecule has 0 radical (unpaired) electrons. The van der Waals surface area contributed by atoms with E-state index in [9.17, 15) is 4.79 Å². The second kappa shape index (κ2) is 3.55. The molecule has 4 nitrogen and oxygen atoms in total. The minimum atomic E-state index is -0.619. The largest absolute Gasteiger partial charge is 0.466 e. The second-order valence-electron chi connectivity index (χ2n) is 2.81. The Morgan fingerprint density at radius 2 is 2.42 bits per heavy atom. The molecule has 4 heteroatoms. The Morgan fingerprint density at radius 3 is 2.75 bits per heavy atom. The first kappa shape index (κ1) is 9.01. The van der Waals surface area contributed by atoms with Crippen molar-refractivity contribution in [3.63, 3.8) is 0 Å². The summed E-state index contributed by atoms with van der Waals surface area (Å²) in [6.45, 7) is 9.70. The van der Waals surface area contributed by atoms with Gasteiger partial charge in [-0.15, -0.1) is 0 Å². The van der Waals surface area contributed by atoms with Crippen LogP contribution in [-0.2, 0) is 14.3 Å². The second-order valence-corrected chi connectivity index (χ2v) is 2.81. The van der Waals surface area contributed by atoms with Gasteiger partial charge in [0.15, 0.2) is 0 Å². The van der Waals surface area contributed by atoms with Gasteiger partial charge >= 0.3 is 5.97 Å². The maximum absolute atomic E-state index is 11.0. The zero-order valence-electron chi connectivity index (χ0n) is 7.00. The van der Waals surface area contributed by atoms with Crippen LogP contribution in [0.5, 0.6) is 0 Å². The van der Waals surface area contributed by atoms with Crippen molar-refractivity contribution in [3.05, 3.63) is 11.4 Å². The fourth-order valence-corrected chi connectivity index (χ4v) is 1.02. The normalized spacial score (nSPS) is 19.0. The molecule has 0 amide bonds. The number of hydrogen-bond donors (Lipinski definition) is 0. The summed E-state index contributed by atoms with van der Waals surface area (Å²) >= 11 is 0. The molecule has 0 aromatic heterocycles. The highest BCUT2D eigenvalue weighted by molar-refractivity contribution is 5.71. The molecule has 0 bridgehead atoms. The molecule has 0 saturated carbocycles. The van der Waals surface area contributed by atoms with Gasteiger partial charge in [0, 0.05) is 0 Å². The summed E-state index contributed by atoms with van der Waals surface area (Å²) in [4.78, 5) is 14.4. The van der Waals surface area contributed by atoms with E-state index in [1.54, 1.807) is 6.92 Å². The predicted octanol–water partition coefficient (Wildman–Crippen LogP) is 0.628. The van der Waals surface area contributed by atoms with Crippen LogP contribution in [0.3, 0.4) is 0 Å². The molecule has 1 rings (SSSR count). The van der Waals surface area contributed by atoms with E-state index in [4.69, 9.17) is 16.0 Å². The average Bonchev–Trinajstić information content (AvgIpc) is 1.97. The highest BCUT2D eigenvalue weighted by atomic mass is 16.5. The summed E-state index contributed by atoms with van der Waals surface area (Å²) < 4.78 is 9.62. The van der Waals surface area contributed by atoms with Crippen LogP contribution in [0, 0.1) is 6.57 Å². The van der Waals surface area contributed by atoms with Crippen molar-refractivity contribution in [2.45, 2.75) is 18.9 Å². The van der Waals surface area contributed by atoms with E-state index < -0.39 is 5.54 Å². The molecule has 12 heavy (non-hydrogen) atoms. The third kappa shape index (κ3) is 1.74. The van der Waals surface area contributed by atoms with Crippen molar-refractivity contribution in [2.75, 3.05) is 19.8 Å². The monoisotopic (exact) mass is 169 g/mol. The van der Waals surface area contributed by atoms with Crippen LogP contribution in [0.1, 0.15) is 13.3 Å². The van der Waals surface area contributed by atoms with E-state index in [-0.39, 0.29) is 12.4 Å². The van der Waals surface area contributed by atoms with Crippen LogP contribution in [0.4, 0.5) is 0 Å². The zero-order chi connectivity index (χ0) is 9.03. The molecule has 0 aromatic rings. The van der Waals surface area contributed by atoms with Gasteiger partial charge in [-0.2, -0.15) is 0 Å². The molecule has 1 aliphatic rings. The molecule has 0 aromatic carbocycles. The third-order valence-corrected chi connectivity index (χ3v) is 1.76. The van der Waals surface area contributed by atoms with E-state index in [2.05, 4.69) is 4.85 Å². The summed E-state index contributed by atoms with van der Waals surface area (Å²) in [6, 6.07) is 0. The smallest absolute Gasteiger partial charge is 0.314 e. The number of hydrogen-bond acceptors (Lipinski definition) is 3. The number of ether oxygens (including phenoxy) is 2. The summed E-state index contributed by atoms with van der Waals surface area (Å²) in [5.41, 5.74) is -0.619. The van der Waals surface area contributed by atoms with Crippen molar-refractivity contribution in [1.29, 1.82) is 0 Å². The maximum Gasteiger partial charge on any atom is 0.314 e. The van der Waals surface area contributed by atoms with Crippen molar-refractivity contribution in [2.24, 2.45) is 0 Å². The van der Waals surface area contributed by atoms with Gasteiger partial charge in [-0.25, -0.2) is 6.57 Å². The van der Waals surface area contributed by atoms with Crippen LogP contribution in [0.25, 0.3) is 4.85 Å². The number of carbonyl (C=O) groups is 1. The maximum atomic E-state index is 11.0.